The molecule has 2 heterocycles. The number of carbonyl (C=O) groups is 2. The van der Waals surface area contributed by atoms with Gasteiger partial charge in [-0.2, -0.15) is 0 Å². The number of aromatic nitrogens is 2. The van der Waals surface area contributed by atoms with Crippen LogP contribution in [0.4, 0.5) is 10.2 Å². The number of nitrogens with zero attached hydrogens (tertiary/aromatic N) is 5. The number of hydrogen-bond acceptors (Lipinski definition) is 5. The summed E-state index contributed by atoms with van der Waals surface area (Å²) in [6.45, 7) is 6.36. The fraction of sp³-hybridized carbons (Fsp3) is 0.259. The number of rotatable bonds is 7. The Morgan fingerprint density at radius 2 is 1.71 bits per heavy atom. The summed E-state index contributed by atoms with van der Waals surface area (Å²) in [6.07, 6.45) is 2.36. The zero-order valence-electron chi connectivity index (χ0n) is 19.5. The van der Waals surface area contributed by atoms with Crippen molar-refractivity contribution in [3.05, 3.63) is 90.8 Å². The van der Waals surface area contributed by atoms with Gasteiger partial charge in [-0.15, -0.1) is 16.8 Å². The summed E-state index contributed by atoms with van der Waals surface area (Å²) in [5, 5.41) is 8.78. The molecule has 180 valence electrons. The molecule has 4 rings (SSSR count). The Labute approximate surface area is 204 Å². The van der Waals surface area contributed by atoms with Crippen LogP contribution in [0.5, 0.6) is 0 Å². The SMILES string of the molecule is C=CCN(CC(=O)N1CCCN(c2ccc(-c3ccccc3)nn2)CC1)C(=O)c1ccc(F)cc1. The average Bonchev–Trinajstić information content (AvgIpc) is 3.16. The highest BCUT2D eigenvalue weighted by molar-refractivity contribution is 5.96. The number of carbonyl (C=O) groups excluding carboxylic acids is 2. The summed E-state index contributed by atoms with van der Waals surface area (Å²) in [5.74, 6) is -0.0988. The highest BCUT2D eigenvalue weighted by Crippen LogP contribution is 2.19. The number of anilines is 1. The highest BCUT2D eigenvalue weighted by Gasteiger charge is 2.24. The molecule has 2 amide bonds. The summed E-state index contributed by atoms with van der Waals surface area (Å²) in [5.41, 5.74) is 2.16. The van der Waals surface area contributed by atoms with Gasteiger partial charge in [-0.05, 0) is 42.8 Å². The van der Waals surface area contributed by atoms with Gasteiger partial charge >= 0.3 is 0 Å². The molecule has 8 heteroatoms. The van der Waals surface area contributed by atoms with Gasteiger partial charge in [0, 0.05) is 43.9 Å². The lowest BCUT2D eigenvalue weighted by Crippen LogP contribution is -2.44. The third kappa shape index (κ3) is 6.09. The Hall–Kier alpha value is -4.07. The molecular formula is C27H28FN5O2. The summed E-state index contributed by atoms with van der Waals surface area (Å²) in [6, 6.07) is 19.1. The predicted molar refractivity (Wildman–Crippen MR) is 133 cm³/mol. The van der Waals surface area contributed by atoms with E-state index >= 15 is 0 Å². The van der Waals surface area contributed by atoms with E-state index in [1.807, 2.05) is 42.5 Å². The fourth-order valence-electron chi connectivity index (χ4n) is 4.07. The second-order valence-electron chi connectivity index (χ2n) is 8.35. The molecule has 0 saturated carbocycles. The molecule has 1 aromatic heterocycles. The van der Waals surface area contributed by atoms with Crippen LogP contribution >= 0.6 is 0 Å². The molecule has 0 spiro atoms. The Morgan fingerprint density at radius 1 is 0.943 bits per heavy atom. The van der Waals surface area contributed by atoms with E-state index in [2.05, 4.69) is 21.7 Å². The summed E-state index contributed by atoms with van der Waals surface area (Å²) in [7, 11) is 0. The van der Waals surface area contributed by atoms with Gasteiger partial charge in [0.25, 0.3) is 5.91 Å². The van der Waals surface area contributed by atoms with E-state index in [-0.39, 0.29) is 24.9 Å². The molecule has 0 radical (unpaired) electrons. The molecule has 0 aliphatic carbocycles. The zero-order chi connectivity index (χ0) is 24.6. The molecule has 1 fully saturated rings. The van der Waals surface area contributed by atoms with E-state index in [1.54, 1.807) is 11.0 Å². The van der Waals surface area contributed by atoms with Crippen LogP contribution in [0.2, 0.25) is 0 Å². The van der Waals surface area contributed by atoms with Gasteiger partial charge < -0.3 is 14.7 Å². The largest absolute Gasteiger partial charge is 0.353 e. The number of hydrogen-bond donors (Lipinski definition) is 0. The smallest absolute Gasteiger partial charge is 0.254 e. The second-order valence-corrected chi connectivity index (χ2v) is 8.35. The quantitative estimate of drug-likeness (QED) is 0.490. The summed E-state index contributed by atoms with van der Waals surface area (Å²) in [4.78, 5) is 31.3. The lowest BCUT2D eigenvalue weighted by atomic mass is 10.1. The first kappa shape index (κ1) is 24.1. The molecule has 2 aromatic carbocycles. The highest BCUT2D eigenvalue weighted by atomic mass is 19.1. The molecule has 3 aromatic rings. The van der Waals surface area contributed by atoms with Crippen LogP contribution in [-0.2, 0) is 4.79 Å². The minimum Gasteiger partial charge on any atom is -0.353 e. The van der Waals surface area contributed by atoms with Crippen molar-refractivity contribution < 1.29 is 14.0 Å². The Kier molecular flexibility index (Phi) is 7.82. The fourth-order valence-corrected chi connectivity index (χ4v) is 4.07. The first-order valence-corrected chi connectivity index (χ1v) is 11.6. The molecule has 1 aliphatic rings. The third-order valence-electron chi connectivity index (χ3n) is 5.95. The van der Waals surface area contributed by atoms with Crippen molar-refractivity contribution >= 4 is 17.6 Å². The predicted octanol–water partition coefficient (Wildman–Crippen LogP) is 3.65. The second kappa shape index (κ2) is 11.4. The molecule has 0 atom stereocenters. The lowest BCUT2D eigenvalue weighted by Gasteiger charge is -2.26. The van der Waals surface area contributed by atoms with Gasteiger partial charge in [-0.25, -0.2) is 4.39 Å². The van der Waals surface area contributed by atoms with Crippen molar-refractivity contribution in [2.75, 3.05) is 44.2 Å². The molecule has 0 bridgehead atoms. The molecule has 35 heavy (non-hydrogen) atoms. The Balaban J connectivity index is 1.37. The maximum absolute atomic E-state index is 13.2. The molecular weight excluding hydrogens is 445 g/mol. The Bertz CT molecular complexity index is 1150. The van der Waals surface area contributed by atoms with E-state index in [1.165, 1.54) is 29.2 Å². The van der Waals surface area contributed by atoms with Crippen LogP contribution in [0.25, 0.3) is 11.3 Å². The first-order chi connectivity index (χ1) is 17.0. The van der Waals surface area contributed by atoms with Crippen molar-refractivity contribution in [2.24, 2.45) is 0 Å². The maximum atomic E-state index is 13.2. The molecule has 1 saturated heterocycles. The van der Waals surface area contributed by atoms with E-state index < -0.39 is 5.82 Å². The maximum Gasteiger partial charge on any atom is 0.254 e. The standard InChI is InChI=1S/C27H28FN5O2/c1-2-15-33(27(35)22-9-11-23(28)12-10-22)20-26(34)32-17-6-16-31(18-19-32)25-14-13-24(29-30-25)21-7-4-3-5-8-21/h2-5,7-14H,1,6,15-20H2. The van der Waals surface area contributed by atoms with Gasteiger partial charge in [-0.3, -0.25) is 9.59 Å². The van der Waals surface area contributed by atoms with Gasteiger partial charge in [0.2, 0.25) is 5.91 Å². The number of amides is 2. The van der Waals surface area contributed by atoms with Gasteiger partial charge in [0.05, 0.1) is 5.69 Å². The van der Waals surface area contributed by atoms with E-state index in [0.717, 1.165) is 30.0 Å². The minimum atomic E-state index is -0.415. The van der Waals surface area contributed by atoms with Crippen LogP contribution in [0.1, 0.15) is 16.8 Å². The van der Waals surface area contributed by atoms with Crippen molar-refractivity contribution in [1.82, 2.24) is 20.0 Å². The molecule has 0 unspecified atom stereocenters. The third-order valence-corrected chi connectivity index (χ3v) is 5.95. The van der Waals surface area contributed by atoms with Crippen LogP contribution in [0.3, 0.4) is 0 Å². The Morgan fingerprint density at radius 3 is 2.40 bits per heavy atom. The normalized spacial score (nSPS) is 13.7. The number of halogens is 1. The van der Waals surface area contributed by atoms with Crippen molar-refractivity contribution in [3.8, 4) is 11.3 Å². The van der Waals surface area contributed by atoms with Gasteiger partial charge in [-0.1, -0.05) is 36.4 Å². The van der Waals surface area contributed by atoms with E-state index in [4.69, 9.17) is 0 Å². The van der Waals surface area contributed by atoms with Gasteiger partial charge in [0.15, 0.2) is 5.82 Å². The van der Waals surface area contributed by atoms with Crippen molar-refractivity contribution in [3.63, 3.8) is 0 Å². The molecule has 0 N–H and O–H groups in total. The van der Waals surface area contributed by atoms with Crippen LogP contribution in [0, 0.1) is 5.82 Å². The zero-order valence-corrected chi connectivity index (χ0v) is 19.5. The van der Waals surface area contributed by atoms with Crippen molar-refractivity contribution in [2.45, 2.75) is 6.42 Å². The van der Waals surface area contributed by atoms with Crippen LogP contribution in [-0.4, -0.2) is 71.1 Å². The summed E-state index contributed by atoms with van der Waals surface area (Å²) < 4.78 is 13.2. The average molecular weight is 474 g/mol. The topological polar surface area (TPSA) is 69.6 Å². The molecule has 7 nitrogen and oxygen atoms in total. The minimum absolute atomic E-state index is 0.0617. The van der Waals surface area contributed by atoms with E-state index in [9.17, 15) is 14.0 Å². The van der Waals surface area contributed by atoms with Crippen LogP contribution < -0.4 is 4.90 Å². The van der Waals surface area contributed by atoms with Crippen molar-refractivity contribution in [1.29, 1.82) is 0 Å². The first-order valence-electron chi connectivity index (χ1n) is 11.6. The summed E-state index contributed by atoms with van der Waals surface area (Å²) >= 11 is 0. The monoisotopic (exact) mass is 473 g/mol. The lowest BCUT2D eigenvalue weighted by molar-refractivity contribution is -0.131. The van der Waals surface area contributed by atoms with Crippen LogP contribution in [0.15, 0.2) is 79.4 Å². The molecule has 1 aliphatic heterocycles. The number of benzene rings is 2. The van der Waals surface area contributed by atoms with Gasteiger partial charge in [0.1, 0.15) is 12.4 Å². The van der Waals surface area contributed by atoms with E-state index in [0.29, 0.717) is 25.2 Å².